The molecule has 0 saturated heterocycles. The van der Waals surface area contributed by atoms with E-state index in [4.69, 9.17) is 10.1 Å². The van der Waals surface area contributed by atoms with Crippen LogP contribution in [-0.4, -0.2) is 31.9 Å². The molecule has 0 spiro atoms. The van der Waals surface area contributed by atoms with Gasteiger partial charge in [0.05, 0.1) is 0 Å². The van der Waals surface area contributed by atoms with E-state index in [2.05, 4.69) is 126 Å². The molecule has 0 amide bonds. The molecule has 3 heteroatoms. The van der Waals surface area contributed by atoms with Crippen LogP contribution >= 0.6 is 10.1 Å². The Labute approximate surface area is 212 Å². The fraction of sp³-hybridized carbons (Fsp3) is 0.552. The van der Waals surface area contributed by atoms with E-state index in [0.29, 0.717) is 15.0 Å². The van der Waals surface area contributed by atoms with Gasteiger partial charge in [-0.15, -0.1) is 0 Å². The van der Waals surface area contributed by atoms with Crippen LogP contribution in [-0.2, 0) is 0 Å². The molecule has 0 radical (unpaired) electrons. The molecule has 0 aromatic heterocycles. The summed E-state index contributed by atoms with van der Waals surface area (Å²) < 4.78 is 5.98. The van der Waals surface area contributed by atoms with Gasteiger partial charge in [0.2, 0.25) is 0 Å². The Hall–Kier alpha value is -0.361. The summed E-state index contributed by atoms with van der Waals surface area (Å²) in [5.74, 6) is 0. The number of hydrogen-bond acceptors (Lipinski definition) is 0. The zero-order valence-electron chi connectivity index (χ0n) is 22.2. The Kier molecular flexibility index (Phi) is 8.46. The Morgan fingerprint density at radius 3 is 1.59 bits per heavy atom. The fourth-order valence-corrected chi connectivity index (χ4v) is 12.5. The second-order valence-electron chi connectivity index (χ2n) is 12.9. The van der Waals surface area contributed by atoms with Crippen molar-refractivity contribution >= 4 is 42.0 Å². The van der Waals surface area contributed by atoms with Crippen molar-refractivity contribution in [2.45, 2.75) is 83.1 Å². The molecule has 32 heavy (non-hydrogen) atoms. The van der Waals surface area contributed by atoms with Crippen molar-refractivity contribution < 1.29 is 0 Å². The van der Waals surface area contributed by atoms with Crippen molar-refractivity contribution in [2.24, 2.45) is 21.7 Å². The molecule has 0 N–H and O–H groups in total. The molecular weight excluding hydrogens is 542 g/mol. The third-order valence-corrected chi connectivity index (χ3v) is 15.7. The Morgan fingerprint density at radius 2 is 1.19 bits per heavy atom. The van der Waals surface area contributed by atoms with Gasteiger partial charge >= 0.3 is 214 Å². The normalized spacial score (nSPS) is 21.3. The summed E-state index contributed by atoms with van der Waals surface area (Å²) in [7, 11) is 7.08. The van der Waals surface area contributed by atoms with E-state index >= 15 is 0 Å². The van der Waals surface area contributed by atoms with E-state index in [9.17, 15) is 0 Å². The van der Waals surface area contributed by atoms with Gasteiger partial charge in [-0.2, -0.15) is 0 Å². The first-order valence-electron chi connectivity index (χ1n) is 11.5. The average Bonchev–Trinajstić information content (AvgIpc) is 2.59. The van der Waals surface area contributed by atoms with Crippen LogP contribution in [0.3, 0.4) is 0 Å². The topological polar surface area (TPSA) is 0 Å². The van der Waals surface area contributed by atoms with Gasteiger partial charge in [-0.05, 0) is 0 Å². The summed E-state index contributed by atoms with van der Waals surface area (Å²) in [6.07, 6.45) is 16.3. The van der Waals surface area contributed by atoms with Crippen molar-refractivity contribution in [3.05, 3.63) is 67.1 Å². The zero-order valence-corrected chi connectivity index (χ0v) is 26.4. The number of hydrogen-bond donors (Lipinski definition) is 0. The minimum absolute atomic E-state index is 0.0921. The molecular formula is C29H43ClSe2. The number of halogens is 1. The maximum atomic E-state index is 7.08. The van der Waals surface area contributed by atoms with Gasteiger partial charge < -0.3 is 0 Å². The van der Waals surface area contributed by atoms with E-state index in [0.717, 1.165) is 0 Å². The third kappa shape index (κ3) is 7.32. The van der Waals surface area contributed by atoms with E-state index in [1.165, 1.54) is 20.0 Å². The number of rotatable bonds is 2. The third-order valence-electron chi connectivity index (χ3n) is 5.33. The molecule has 0 fully saturated rings. The van der Waals surface area contributed by atoms with Gasteiger partial charge in [0.1, 0.15) is 0 Å². The molecule has 2 aliphatic heterocycles. The monoisotopic (exact) mass is 586 g/mol. The minimum atomic E-state index is -1.46. The van der Waals surface area contributed by atoms with E-state index in [1.54, 1.807) is 8.94 Å². The van der Waals surface area contributed by atoms with Crippen LogP contribution in [0.2, 0.25) is 0 Å². The summed E-state index contributed by atoms with van der Waals surface area (Å²) in [4.78, 5) is 0. The average molecular weight is 585 g/mol. The first-order chi connectivity index (χ1) is 14.3. The summed E-state index contributed by atoms with van der Waals surface area (Å²) in [5.41, 5.74) is 3.17. The fourth-order valence-electron chi connectivity index (χ4n) is 3.26. The van der Waals surface area contributed by atoms with Gasteiger partial charge in [-0.25, -0.2) is 0 Å². The Bertz CT molecular complexity index is 932. The molecule has 2 rings (SSSR count). The molecule has 1 atom stereocenters. The molecule has 0 aromatic rings. The Balaban J connectivity index is 2.49. The van der Waals surface area contributed by atoms with Crippen LogP contribution < -0.4 is 0 Å². The van der Waals surface area contributed by atoms with Crippen LogP contribution in [0.15, 0.2) is 67.1 Å². The molecule has 0 aromatic carbocycles. The zero-order chi connectivity index (χ0) is 24.7. The second kappa shape index (κ2) is 9.71. The van der Waals surface area contributed by atoms with Gasteiger partial charge in [0.25, 0.3) is 0 Å². The van der Waals surface area contributed by atoms with Crippen LogP contribution in [0.4, 0.5) is 0 Å². The predicted octanol–water partition coefficient (Wildman–Crippen LogP) is 8.53. The predicted molar refractivity (Wildman–Crippen MR) is 150 cm³/mol. The molecule has 0 saturated carbocycles. The van der Waals surface area contributed by atoms with Crippen LogP contribution in [0.25, 0.3) is 0 Å². The van der Waals surface area contributed by atoms with Gasteiger partial charge in [-0.1, -0.05) is 0 Å². The molecule has 178 valence electrons. The van der Waals surface area contributed by atoms with Gasteiger partial charge in [-0.3, -0.25) is 0 Å². The number of allylic oxidation sites excluding steroid dienone is 12. The molecule has 1 unspecified atom stereocenters. The van der Waals surface area contributed by atoms with Gasteiger partial charge in [0, 0.05) is 0 Å². The van der Waals surface area contributed by atoms with Crippen molar-refractivity contribution in [3.63, 3.8) is 0 Å². The summed E-state index contributed by atoms with van der Waals surface area (Å²) in [6.45, 7) is 27.7. The molecule has 0 aliphatic carbocycles. The van der Waals surface area contributed by atoms with Crippen molar-refractivity contribution in [3.8, 4) is 0 Å². The molecule has 2 aliphatic rings. The first kappa shape index (κ1) is 27.9. The maximum absolute atomic E-state index is 7.08. The van der Waals surface area contributed by atoms with E-state index < -0.39 is 12.6 Å². The summed E-state index contributed by atoms with van der Waals surface area (Å²) in [5, 5.41) is 0. The van der Waals surface area contributed by atoms with E-state index in [-0.39, 0.29) is 21.7 Å². The van der Waals surface area contributed by atoms with Crippen LogP contribution in [0.5, 0.6) is 0 Å². The molecule has 2 heterocycles. The molecule has 0 nitrogen and oxygen atoms in total. The van der Waals surface area contributed by atoms with E-state index in [1.807, 2.05) is 0 Å². The second-order valence-corrected chi connectivity index (χ2v) is 19.7. The van der Waals surface area contributed by atoms with Crippen LogP contribution in [0.1, 0.15) is 83.1 Å². The quantitative estimate of drug-likeness (QED) is 0.285. The Morgan fingerprint density at radius 1 is 0.688 bits per heavy atom. The van der Waals surface area contributed by atoms with Crippen molar-refractivity contribution in [2.75, 3.05) is 0 Å². The molecule has 0 bridgehead atoms. The van der Waals surface area contributed by atoms with Crippen molar-refractivity contribution in [1.82, 2.24) is 0 Å². The van der Waals surface area contributed by atoms with Gasteiger partial charge in [0.15, 0.2) is 0 Å². The SMILES string of the molecule is CC(C)(C)C1=CC(=C/C=C/C2=CC(C(C)(C)C)=[Se](Cl)C(C(C)(C)C)=C2)C=C(C(C)(C)C)[Se]1. The first-order valence-corrected chi connectivity index (χ1v) is 17.2. The summed E-state index contributed by atoms with van der Waals surface area (Å²) >= 11 is -1.04. The van der Waals surface area contributed by atoms with Crippen molar-refractivity contribution in [1.29, 1.82) is 0 Å². The van der Waals surface area contributed by atoms with Crippen LogP contribution in [0, 0.1) is 21.7 Å². The summed E-state index contributed by atoms with van der Waals surface area (Å²) in [6, 6.07) is 0. The standard InChI is InChI=1S/C29H43ClSe2/c1-26(2,3)22-16-20(17-23(31-22)27(4,5)6)14-13-15-21-18-24(28(7,8)9)32(30)25(19-21)29(10,11)12/h13-19H,1-12H3/b15-13+.